The average Bonchev–Trinajstić information content (AvgIpc) is 2.72. The molecule has 0 aliphatic rings. The second-order valence-corrected chi connectivity index (χ2v) is 4.87. The Labute approximate surface area is 124 Å². The summed E-state index contributed by atoms with van der Waals surface area (Å²) in [4.78, 5) is 0. The van der Waals surface area contributed by atoms with Gasteiger partial charge in [0, 0.05) is 5.33 Å². The van der Waals surface area contributed by atoms with Crippen LogP contribution in [0.25, 0.3) is 5.69 Å². The fourth-order valence-corrected chi connectivity index (χ4v) is 2.57. The molecule has 1 aromatic heterocycles. The fourth-order valence-electron chi connectivity index (χ4n) is 1.51. The first-order valence-electron chi connectivity index (χ1n) is 4.88. The Morgan fingerprint density at radius 1 is 1.21 bits per heavy atom. The molecule has 0 saturated carbocycles. The Balaban J connectivity index is 2.68. The zero-order valence-electron chi connectivity index (χ0n) is 9.05. The van der Waals surface area contributed by atoms with Gasteiger partial charge in [0.25, 0.3) is 0 Å². The maximum absolute atomic E-state index is 12.8. The van der Waals surface area contributed by atoms with Gasteiger partial charge in [-0.1, -0.05) is 50.4 Å². The smallest absolute Gasteiger partial charge is 0.213 e. The summed E-state index contributed by atoms with van der Waals surface area (Å²) in [5, 5.41) is 6.94. The number of nitrogens with zero attached hydrogens (tertiary/aromatic N) is 3. The zero-order chi connectivity index (χ0) is 14.2. The van der Waals surface area contributed by atoms with Crippen LogP contribution in [-0.4, -0.2) is 15.0 Å². The lowest BCUT2D eigenvalue weighted by Crippen LogP contribution is -2.10. The fraction of sp³-hybridized carbons (Fsp3) is 0.200. The number of rotatable bonds is 2. The third-order valence-electron chi connectivity index (χ3n) is 2.31. The lowest BCUT2D eigenvalue weighted by molar-refractivity contribution is -0.141. The lowest BCUT2D eigenvalue weighted by atomic mass is 10.3. The minimum Gasteiger partial charge on any atom is -0.213 e. The molecule has 1 heterocycles. The molecule has 0 fully saturated rings. The molecular weight excluding hydrogens is 370 g/mol. The standard InChI is InChI=1S/C10H5BrCl2F3N3/c11-4-7-9(10(14,15)16)17-18-19(7)8-5(12)2-1-3-6(8)13/h1-3H,4H2. The first-order valence-corrected chi connectivity index (χ1v) is 6.76. The summed E-state index contributed by atoms with van der Waals surface area (Å²) in [5.74, 6) is 0. The molecule has 0 unspecified atom stereocenters. The van der Waals surface area contributed by atoms with Crippen LogP contribution in [0.2, 0.25) is 10.0 Å². The predicted octanol–water partition coefficient (Wildman–Crippen LogP) is 4.49. The molecule has 0 aliphatic carbocycles. The van der Waals surface area contributed by atoms with Crippen molar-refractivity contribution in [3.63, 3.8) is 0 Å². The molecule has 9 heteroatoms. The molecule has 3 nitrogen and oxygen atoms in total. The highest BCUT2D eigenvalue weighted by Crippen LogP contribution is 2.35. The van der Waals surface area contributed by atoms with Crippen LogP contribution >= 0.6 is 39.1 Å². The van der Waals surface area contributed by atoms with E-state index in [0.29, 0.717) is 0 Å². The third-order valence-corrected chi connectivity index (χ3v) is 3.45. The second-order valence-electron chi connectivity index (χ2n) is 3.50. The second kappa shape index (κ2) is 5.30. The third kappa shape index (κ3) is 2.73. The van der Waals surface area contributed by atoms with Gasteiger partial charge in [-0.05, 0) is 12.1 Å². The van der Waals surface area contributed by atoms with E-state index in [1.54, 1.807) is 6.07 Å². The van der Waals surface area contributed by atoms with E-state index >= 15 is 0 Å². The van der Waals surface area contributed by atoms with Crippen LogP contribution in [0.4, 0.5) is 13.2 Å². The summed E-state index contributed by atoms with van der Waals surface area (Å²) in [5.41, 5.74) is -1.06. The average molecular weight is 375 g/mol. The van der Waals surface area contributed by atoms with E-state index in [1.165, 1.54) is 12.1 Å². The number of benzene rings is 1. The number of halogens is 6. The first kappa shape index (κ1) is 14.6. The number of hydrogen-bond donors (Lipinski definition) is 0. The first-order chi connectivity index (χ1) is 8.86. The number of hydrogen-bond acceptors (Lipinski definition) is 2. The van der Waals surface area contributed by atoms with Crippen molar-refractivity contribution in [2.75, 3.05) is 0 Å². The SMILES string of the molecule is FC(F)(F)c1nnn(-c2c(Cl)cccc2Cl)c1CBr. The molecule has 0 saturated heterocycles. The Hall–Kier alpha value is -0.790. The molecule has 1 aromatic carbocycles. The van der Waals surface area contributed by atoms with Crippen LogP contribution in [-0.2, 0) is 11.5 Å². The molecule has 0 aliphatic heterocycles. The Bertz CT molecular complexity index is 592. The van der Waals surface area contributed by atoms with Crippen molar-refractivity contribution in [3.05, 3.63) is 39.6 Å². The van der Waals surface area contributed by atoms with Crippen molar-refractivity contribution >= 4 is 39.1 Å². The van der Waals surface area contributed by atoms with E-state index in [0.717, 1.165) is 4.68 Å². The summed E-state index contributed by atoms with van der Waals surface area (Å²) in [6.07, 6.45) is -4.59. The van der Waals surface area contributed by atoms with E-state index in [4.69, 9.17) is 23.2 Å². The molecule has 0 radical (unpaired) electrons. The lowest BCUT2D eigenvalue weighted by Gasteiger charge is -2.10. The predicted molar refractivity (Wildman–Crippen MR) is 69.0 cm³/mol. The van der Waals surface area contributed by atoms with Gasteiger partial charge in [-0.25, -0.2) is 4.68 Å². The van der Waals surface area contributed by atoms with Crippen LogP contribution < -0.4 is 0 Å². The monoisotopic (exact) mass is 373 g/mol. The molecule has 2 rings (SSSR count). The topological polar surface area (TPSA) is 30.7 Å². The summed E-state index contributed by atoms with van der Waals surface area (Å²) in [6.45, 7) is 0. The van der Waals surface area contributed by atoms with Crippen LogP contribution in [0.5, 0.6) is 0 Å². The molecule has 19 heavy (non-hydrogen) atoms. The molecule has 2 aromatic rings. The van der Waals surface area contributed by atoms with E-state index in [9.17, 15) is 13.2 Å². The molecule has 0 bridgehead atoms. The van der Waals surface area contributed by atoms with Gasteiger partial charge in [0.2, 0.25) is 0 Å². The summed E-state index contributed by atoms with van der Waals surface area (Å²) < 4.78 is 39.3. The van der Waals surface area contributed by atoms with Crippen molar-refractivity contribution in [1.29, 1.82) is 0 Å². The minimum atomic E-state index is -4.59. The summed E-state index contributed by atoms with van der Waals surface area (Å²) in [7, 11) is 0. The van der Waals surface area contributed by atoms with Gasteiger partial charge in [-0.2, -0.15) is 13.2 Å². The van der Waals surface area contributed by atoms with Crippen LogP contribution in [0.3, 0.4) is 0 Å². The maximum Gasteiger partial charge on any atom is 0.437 e. The molecular formula is C10H5BrCl2F3N3. The van der Waals surface area contributed by atoms with E-state index in [1.807, 2.05) is 0 Å². The van der Waals surface area contributed by atoms with Gasteiger partial charge >= 0.3 is 6.18 Å². The van der Waals surface area contributed by atoms with E-state index < -0.39 is 11.9 Å². The van der Waals surface area contributed by atoms with E-state index in [-0.39, 0.29) is 26.8 Å². The maximum atomic E-state index is 12.8. The molecule has 0 N–H and O–H groups in total. The normalized spacial score (nSPS) is 11.9. The minimum absolute atomic E-state index is 0.0869. The Morgan fingerprint density at radius 3 is 2.26 bits per heavy atom. The van der Waals surface area contributed by atoms with Crippen molar-refractivity contribution < 1.29 is 13.2 Å². The summed E-state index contributed by atoms with van der Waals surface area (Å²) in [6, 6.07) is 4.61. The van der Waals surface area contributed by atoms with Gasteiger partial charge in [0.15, 0.2) is 5.69 Å². The summed E-state index contributed by atoms with van der Waals surface area (Å²) >= 11 is 14.9. The highest BCUT2D eigenvalue weighted by atomic mass is 79.9. The Morgan fingerprint density at radius 2 is 1.79 bits per heavy atom. The van der Waals surface area contributed by atoms with Crippen molar-refractivity contribution in [2.24, 2.45) is 0 Å². The Kier molecular flexibility index (Phi) is 4.08. The van der Waals surface area contributed by atoms with Gasteiger partial charge in [-0.3, -0.25) is 0 Å². The quantitative estimate of drug-likeness (QED) is 0.725. The van der Waals surface area contributed by atoms with Crippen LogP contribution in [0, 0.1) is 0 Å². The molecule has 102 valence electrons. The van der Waals surface area contributed by atoms with Gasteiger partial charge < -0.3 is 0 Å². The number of aromatic nitrogens is 3. The number of alkyl halides is 4. The van der Waals surface area contributed by atoms with E-state index in [2.05, 4.69) is 26.2 Å². The van der Waals surface area contributed by atoms with Crippen LogP contribution in [0.15, 0.2) is 18.2 Å². The number of para-hydroxylation sites is 1. The molecule has 0 spiro atoms. The van der Waals surface area contributed by atoms with Crippen molar-refractivity contribution in [3.8, 4) is 5.69 Å². The van der Waals surface area contributed by atoms with Crippen LogP contribution in [0.1, 0.15) is 11.4 Å². The van der Waals surface area contributed by atoms with Gasteiger partial charge in [0.05, 0.1) is 15.7 Å². The highest BCUT2D eigenvalue weighted by molar-refractivity contribution is 9.08. The van der Waals surface area contributed by atoms with Gasteiger partial charge in [-0.15, -0.1) is 5.10 Å². The zero-order valence-corrected chi connectivity index (χ0v) is 12.1. The highest BCUT2D eigenvalue weighted by Gasteiger charge is 2.38. The van der Waals surface area contributed by atoms with Crippen molar-refractivity contribution in [2.45, 2.75) is 11.5 Å². The molecule has 0 atom stereocenters. The van der Waals surface area contributed by atoms with Crippen molar-refractivity contribution in [1.82, 2.24) is 15.0 Å². The van der Waals surface area contributed by atoms with Gasteiger partial charge in [0.1, 0.15) is 5.69 Å². The largest absolute Gasteiger partial charge is 0.437 e. The molecule has 0 amide bonds.